The van der Waals surface area contributed by atoms with Crippen molar-refractivity contribution in [1.82, 2.24) is 0 Å². The van der Waals surface area contributed by atoms with Crippen LogP contribution in [-0.2, 0) is 12.8 Å². The molecule has 2 N–H and O–H groups in total. The van der Waals surface area contributed by atoms with Crippen LogP contribution in [0.1, 0.15) is 16.7 Å². The van der Waals surface area contributed by atoms with Crippen LogP contribution in [0, 0.1) is 6.92 Å². The van der Waals surface area contributed by atoms with Crippen LogP contribution in [0.5, 0.6) is 0 Å². The molecule has 0 spiro atoms. The Bertz CT molecular complexity index is 818. The third-order valence-electron chi connectivity index (χ3n) is 4.63. The highest BCUT2D eigenvalue weighted by molar-refractivity contribution is 5.71. The molecule has 0 atom stereocenters. The molecule has 0 fully saturated rings. The summed E-state index contributed by atoms with van der Waals surface area (Å²) in [4.78, 5) is 0. The molecule has 0 heterocycles. The average molecular weight is 332 g/mol. The van der Waals surface area contributed by atoms with Crippen molar-refractivity contribution in [2.75, 3.05) is 13.2 Å². The minimum atomic E-state index is 0.185. The molecule has 3 aromatic carbocycles. The van der Waals surface area contributed by atoms with E-state index >= 15 is 0 Å². The van der Waals surface area contributed by atoms with Crippen molar-refractivity contribution in [1.29, 1.82) is 0 Å². The van der Waals surface area contributed by atoms with Gasteiger partial charge in [-0.3, -0.25) is 0 Å². The van der Waals surface area contributed by atoms with Crippen LogP contribution < -0.4 is 0 Å². The molecule has 0 amide bonds. The Kier molecular flexibility index (Phi) is 5.64. The Hall–Kier alpha value is -2.42. The van der Waals surface area contributed by atoms with Crippen LogP contribution in [0.15, 0.2) is 66.7 Å². The van der Waals surface area contributed by atoms with E-state index in [0.29, 0.717) is 12.8 Å². The summed E-state index contributed by atoms with van der Waals surface area (Å²) in [6.07, 6.45) is 1.40. The zero-order chi connectivity index (χ0) is 17.6. The number of aryl methyl sites for hydroxylation is 1. The molecule has 3 aromatic rings. The normalized spacial score (nSPS) is 10.8. The Morgan fingerprint density at radius 3 is 1.60 bits per heavy atom. The van der Waals surface area contributed by atoms with Gasteiger partial charge in [0.2, 0.25) is 0 Å². The fourth-order valence-corrected chi connectivity index (χ4v) is 3.12. The van der Waals surface area contributed by atoms with Crippen molar-refractivity contribution in [2.24, 2.45) is 0 Å². The standard InChI is InChI=1S/C23H24O2/c1-17-16-23(11-6-19(17)13-15-25)22-9-7-21(8-10-22)20-4-2-18(3-5-20)12-14-24/h2-11,16,24-25H,12-15H2,1H3. The third kappa shape index (κ3) is 4.16. The van der Waals surface area contributed by atoms with Gasteiger partial charge < -0.3 is 10.2 Å². The smallest absolute Gasteiger partial charge is 0.0471 e. The van der Waals surface area contributed by atoms with Gasteiger partial charge in [-0.15, -0.1) is 0 Å². The van der Waals surface area contributed by atoms with Crippen molar-refractivity contribution in [3.8, 4) is 22.3 Å². The van der Waals surface area contributed by atoms with E-state index in [1.165, 1.54) is 33.4 Å². The van der Waals surface area contributed by atoms with E-state index in [1.807, 2.05) is 0 Å². The number of hydrogen-bond donors (Lipinski definition) is 2. The van der Waals surface area contributed by atoms with Crippen LogP contribution in [0.3, 0.4) is 0 Å². The van der Waals surface area contributed by atoms with E-state index in [2.05, 4.69) is 73.7 Å². The molecule has 0 aliphatic rings. The fraction of sp³-hybridized carbons (Fsp3) is 0.217. The molecular weight excluding hydrogens is 308 g/mol. The van der Waals surface area contributed by atoms with Crippen molar-refractivity contribution < 1.29 is 10.2 Å². The van der Waals surface area contributed by atoms with Gasteiger partial charge in [-0.1, -0.05) is 66.7 Å². The summed E-state index contributed by atoms with van der Waals surface area (Å²) in [6.45, 7) is 2.47. The Morgan fingerprint density at radius 2 is 1.08 bits per heavy atom. The lowest BCUT2D eigenvalue weighted by Gasteiger charge is -2.09. The molecule has 3 rings (SSSR count). The van der Waals surface area contributed by atoms with Gasteiger partial charge in [-0.2, -0.15) is 0 Å². The molecule has 0 saturated carbocycles. The predicted octanol–water partition coefficient (Wildman–Crippen LogP) is 4.40. The molecule has 0 unspecified atom stereocenters. The van der Waals surface area contributed by atoms with Crippen LogP contribution in [0.25, 0.3) is 22.3 Å². The maximum absolute atomic E-state index is 9.10. The van der Waals surface area contributed by atoms with Crippen molar-refractivity contribution >= 4 is 0 Å². The first-order chi connectivity index (χ1) is 12.2. The maximum atomic E-state index is 9.10. The molecule has 0 aliphatic heterocycles. The Balaban J connectivity index is 1.81. The van der Waals surface area contributed by atoms with Crippen molar-refractivity contribution in [3.05, 3.63) is 83.4 Å². The topological polar surface area (TPSA) is 40.5 Å². The summed E-state index contributed by atoms with van der Waals surface area (Å²) in [6, 6.07) is 23.4. The van der Waals surface area contributed by atoms with Gasteiger partial charge in [0.05, 0.1) is 0 Å². The summed E-state index contributed by atoms with van der Waals surface area (Å²) >= 11 is 0. The number of benzene rings is 3. The van der Waals surface area contributed by atoms with Crippen molar-refractivity contribution in [3.63, 3.8) is 0 Å². The van der Waals surface area contributed by atoms with Gasteiger partial charge in [-0.05, 0) is 58.7 Å². The zero-order valence-corrected chi connectivity index (χ0v) is 14.6. The number of aliphatic hydroxyl groups excluding tert-OH is 2. The summed E-state index contributed by atoms with van der Waals surface area (Å²) in [5, 5.41) is 18.1. The molecule has 2 nitrogen and oxygen atoms in total. The zero-order valence-electron chi connectivity index (χ0n) is 14.6. The van der Waals surface area contributed by atoms with Crippen LogP contribution in [-0.4, -0.2) is 23.4 Å². The SMILES string of the molecule is Cc1cc(-c2ccc(-c3ccc(CCO)cc3)cc2)ccc1CCO. The second kappa shape index (κ2) is 8.11. The lowest BCUT2D eigenvalue weighted by atomic mass is 9.96. The monoisotopic (exact) mass is 332 g/mol. The second-order valence-electron chi connectivity index (χ2n) is 6.36. The van der Waals surface area contributed by atoms with E-state index in [4.69, 9.17) is 10.2 Å². The minimum Gasteiger partial charge on any atom is -0.396 e. The number of hydrogen-bond acceptors (Lipinski definition) is 2. The molecule has 0 bridgehead atoms. The quantitative estimate of drug-likeness (QED) is 0.702. The second-order valence-corrected chi connectivity index (χ2v) is 6.36. The lowest BCUT2D eigenvalue weighted by Crippen LogP contribution is -1.94. The van der Waals surface area contributed by atoms with Gasteiger partial charge >= 0.3 is 0 Å². The van der Waals surface area contributed by atoms with Crippen LogP contribution in [0.4, 0.5) is 0 Å². The van der Waals surface area contributed by atoms with E-state index in [1.54, 1.807) is 0 Å². The third-order valence-corrected chi connectivity index (χ3v) is 4.63. The molecule has 0 saturated heterocycles. The van der Waals surface area contributed by atoms with E-state index in [0.717, 1.165) is 5.56 Å². The first-order valence-corrected chi connectivity index (χ1v) is 8.72. The summed E-state index contributed by atoms with van der Waals surface area (Å²) in [5.74, 6) is 0. The first-order valence-electron chi connectivity index (χ1n) is 8.72. The summed E-state index contributed by atoms with van der Waals surface area (Å²) in [5.41, 5.74) is 8.33. The van der Waals surface area contributed by atoms with Crippen LogP contribution in [0.2, 0.25) is 0 Å². The first kappa shape index (κ1) is 17.4. The van der Waals surface area contributed by atoms with Gasteiger partial charge in [-0.25, -0.2) is 0 Å². The van der Waals surface area contributed by atoms with Gasteiger partial charge in [0.15, 0.2) is 0 Å². The van der Waals surface area contributed by atoms with E-state index in [-0.39, 0.29) is 13.2 Å². The highest BCUT2D eigenvalue weighted by Gasteiger charge is 2.04. The molecule has 0 radical (unpaired) electrons. The van der Waals surface area contributed by atoms with Crippen LogP contribution >= 0.6 is 0 Å². The largest absolute Gasteiger partial charge is 0.396 e. The lowest BCUT2D eigenvalue weighted by molar-refractivity contribution is 0.299. The Labute approximate surface area is 149 Å². The van der Waals surface area contributed by atoms with Gasteiger partial charge in [0, 0.05) is 13.2 Å². The number of rotatable bonds is 6. The molecule has 0 aromatic heterocycles. The highest BCUT2D eigenvalue weighted by atomic mass is 16.3. The fourth-order valence-electron chi connectivity index (χ4n) is 3.12. The van der Waals surface area contributed by atoms with E-state index in [9.17, 15) is 0 Å². The van der Waals surface area contributed by atoms with Gasteiger partial charge in [0.1, 0.15) is 0 Å². The molecular formula is C23H24O2. The highest BCUT2D eigenvalue weighted by Crippen LogP contribution is 2.26. The van der Waals surface area contributed by atoms with Gasteiger partial charge in [0.25, 0.3) is 0 Å². The molecule has 2 heteroatoms. The van der Waals surface area contributed by atoms with E-state index < -0.39 is 0 Å². The summed E-state index contributed by atoms with van der Waals surface area (Å²) in [7, 11) is 0. The molecule has 25 heavy (non-hydrogen) atoms. The Morgan fingerprint density at radius 1 is 0.600 bits per heavy atom. The minimum absolute atomic E-state index is 0.185. The average Bonchev–Trinajstić information content (AvgIpc) is 2.65. The van der Waals surface area contributed by atoms with Crippen molar-refractivity contribution in [2.45, 2.75) is 19.8 Å². The molecule has 0 aliphatic carbocycles. The maximum Gasteiger partial charge on any atom is 0.0471 e. The summed E-state index contributed by atoms with van der Waals surface area (Å²) < 4.78 is 0. The number of aliphatic hydroxyl groups is 2. The molecule has 128 valence electrons. The predicted molar refractivity (Wildman–Crippen MR) is 104 cm³/mol.